The molecule has 4 rings (SSSR count). The van der Waals surface area contributed by atoms with E-state index < -0.39 is 5.60 Å². The smallest absolute Gasteiger partial charge is 0.272 e. The topological polar surface area (TPSA) is 123 Å². The minimum atomic E-state index is -0.640. The van der Waals surface area contributed by atoms with Crippen LogP contribution < -0.4 is 10.1 Å². The number of rotatable bonds is 6. The Labute approximate surface area is 186 Å². The molecule has 9 heteroatoms. The molecular weight excluding hydrogens is 410 g/mol. The number of nitrogens with one attached hydrogen (secondary N) is 1. The van der Waals surface area contributed by atoms with E-state index in [-0.39, 0.29) is 24.2 Å². The van der Waals surface area contributed by atoms with Gasteiger partial charge >= 0.3 is 0 Å². The normalized spacial score (nSPS) is 20.7. The molecule has 1 saturated carbocycles. The lowest BCUT2D eigenvalue weighted by atomic mass is 9.83. The van der Waals surface area contributed by atoms with E-state index in [1.165, 1.54) is 0 Å². The van der Waals surface area contributed by atoms with Crippen molar-refractivity contribution in [1.82, 2.24) is 25.7 Å². The van der Waals surface area contributed by atoms with Crippen LogP contribution in [0.5, 0.6) is 5.88 Å². The van der Waals surface area contributed by atoms with Crippen molar-refractivity contribution >= 4 is 5.91 Å². The van der Waals surface area contributed by atoms with Gasteiger partial charge in [0, 0.05) is 29.6 Å². The van der Waals surface area contributed by atoms with Crippen LogP contribution in [0.25, 0.3) is 11.3 Å². The SMILES string of the molecule is Cc1ccc(-c2noc(C)c2COc2ccc(C(=O)NC3CCC(C)(O)CC3)nn2)cn1. The molecule has 0 atom stereocenters. The zero-order valence-corrected chi connectivity index (χ0v) is 18.5. The highest BCUT2D eigenvalue weighted by atomic mass is 16.5. The molecule has 0 aromatic carbocycles. The summed E-state index contributed by atoms with van der Waals surface area (Å²) in [4.78, 5) is 16.8. The number of hydrogen-bond acceptors (Lipinski definition) is 8. The third-order valence-corrected chi connectivity index (χ3v) is 5.80. The Morgan fingerprint density at radius 1 is 1.22 bits per heavy atom. The molecule has 0 unspecified atom stereocenters. The number of aryl methyl sites for hydroxylation is 2. The summed E-state index contributed by atoms with van der Waals surface area (Å²) in [6.45, 7) is 5.77. The Balaban J connectivity index is 1.36. The van der Waals surface area contributed by atoms with E-state index in [4.69, 9.17) is 9.26 Å². The van der Waals surface area contributed by atoms with Crippen LogP contribution in [-0.2, 0) is 6.61 Å². The fourth-order valence-corrected chi connectivity index (χ4v) is 3.70. The van der Waals surface area contributed by atoms with Crippen molar-refractivity contribution in [2.75, 3.05) is 0 Å². The van der Waals surface area contributed by atoms with Gasteiger partial charge in [-0.2, -0.15) is 0 Å². The molecule has 0 aliphatic heterocycles. The van der Waals surface area contributed by atoms with Crippen molar-refractivity contribution in [1.29, 1.82) is 0 Å². The lowest BCUT2D eigenvalue weighted by molar-refractivity contribution is 0.0140. The zero-order valence-electron chi connectivity index (χ0n) is 18.5. The molecule has 32 heavy (non-hydrogen) atoms. The van der Waals surface area contributed by atoms with E-state index in [9.17, 15) is 9.90 Å². The molecule has 3 heterocycles. The number of pyridine rings is 1. The number of aromatic nitrogens is 4. The molecule has 0 bridgehead atoms. The Hall–Kier alpha value is -3.33. The predicted molar refractivity (Wildman–Crippen MR) is 116 cm³/mol. The van der Waals surface area contributed by atoms with Gasteiger partial charge in [0.25, 0.3) is 5.91 Å². The Morgan fingerprint density at radius 2 is 2.00 bits per heavy atom. The largest absolute Gasteiger partial charge is 0.472 e. The maximum Gasteiger partial charge on any atom is 0.272 e. The third-order valence-electron chi connectivity index (χ3n) is 5.80. The van der Waals surface area contributed by atoms with Crippen LogP contribution in [0.15, 0.2) is 35.0 Å². The van der Waals surface area contributed by atoms with E-state index in [0.29, 0.717) is 30.2 Å². The number of ether oxygens (including phenoxy) is 1. The van der Waals surface area contributed by atoms with Gasteiger partial charge in [-0.3, -0.25) is 9.78 Å². The second kappa shape index (κ2) is 9.04. The fourth-order valence-electron chi connectivity index (χ4n) is 3.70. The lowest BCUT2D eigenvalue weighted by Crippen LogP contribution is -2.42. The monoisotopic (exact) mass is 437 g/mol. The molecule has 1 amide bonds. The van der Waals surface area contributed by atoms with E-state index in [1.807, 2.05) is 32.9 Å². The van der Waals surface area contributed by atoms with Gasteiger partial charge in [-0.05, 0) is 64.7 Å². The Bertz CT molecular complexity index is 1070. The summed E-state index contributed by atoms with van der Waals surface area (Å²) >= 11 is 0. The van der Waals surface area contributed by atoms with E-state index in [2.05, 4.69) is 25.7 Å². The molecule has 1 aliphatic carbocycles. The first kappa shape index (κ1) is 21.9. The standard InChI is InChI=1S/C23H27N5O4/c1-14-4-5-16(12-24-14)21-18(15(2)32-28-21)13-31-20-7-6-19(26-27-20)22(29)25-17-8-10-23(3,30)11-9-17/h4-7,12,17,30H,8-11,13H2,1-3H3,(H,25,29). The van der Waals surface area contributed by atoms with Gasteiger partial charge in [0.1, 0.15) is 18.1 Å². The van der Waals surface area contributed by atoms with Crippen molar-refractivity contribution in [3.63, 3.8) is 0 Å². The summed E-state index contributed by atoms with van der Waals surface area (Å²) in [6, 6.07) is 7.08. The second-order valence-corrected chi connectivity index (χ2v) is 8.54. The van der Waals surface area contributed by atoms with E-state index in [1.54, 1.807) is 18.3 Å². The molecule has 0 spiro atoms. The first-order valence-electron chi connectivity index (χ1n) is 10.7. The van der Waals surface area contributed by atoms with Gasteiger partial charge in [-0.25, -0.2) is 0 Å². The minimum absolute atomic E-state index is 0.0340. The third kappa shape index (κ3) is 5.11. The van der Waals surface area contributed by atoms with Crippen molar-refractivity contribution in [2.24, 2.45) is 0 Å². The van der Waals surface area contributed by atoms with Crippen LogP contribution in [-0.4, -0.2) is 43.0 Å². The summed E-state index contributed by atoms with van der Waals surface area (Å²) in [5, 5.41) is 25.2. The highest BCUT2D eigenvalue weighted by molar-refractivity contribution is 5.92. The molecule has 0 saturated heterocycles. The van der Waals surface area contributed by atoms with Gasteiger partial charge < -0.3 is 19.7 Å². The second-order valence-electron chi connectivity index (χ2n) is 8.54. The van der Waals surface area contributed by atoms with Gasteiger partial charge in [-0.1, -0.05) is 5.16 Å². The van der Waals surface area contributed by atoms with Gasteiger partial charge in [0.2, 0.25) is 5.88 Å². The average Bonchev–Trinajstić information content (AvgIpc) is 3.15. The number of carbonyl (C=O) groups is 1. The van der Waals surface area contributed by atoms with Crippen molar-refractivity contribution in [3.05, 3.63) is 53.2 Å². The quantitative estimate of drug-likeness (QED) is 0.603. The molecule has 3 aromatic rings. The maximum absolute atomic E-state index is 12.5. The summed E-state index contributed by atoms with van der Waals surface area (Å²) in [5.41, 5.74) is 2.81. The van der Waals surface area contributed by atoms with Crippen LogP contribution in [0, 0.1) is 13.8 Å². The van der Waals surface area contributed by atoms with Crippen molar-refractivity contribution in [2.45, 2.75) is 64.7 Å². The van der Waals surface area contributed by atoms with Crippen LogP contribution in [0.2, 0.25) is 0 Å². The van der Waals surface area contributed by atoms with Crippen molar-refractivity contribution in [3.8, 4) is 17.1 Å². The van der Waals surface area contributed by atoms with Gasteiger partial charge in [0.15, 0.2) is 5.69 Å². The first-order chi connectivity index (χ1) is 15.3. The molecule has 3 aromatic heterocycles. The molecule has 2 N–H and O–H groups in total. The number of aliphatic hydroxyl groups is 1. The van der Waals surface area contributed by atoms with Crippen LogP contribution >= 0.6 is 0 Å². The zero-order chi connectivity index (χ0) is 22.7. The Kier molecular flexibility index (Phi) is 6.18. The fraction of sp³-hybridized carbons (Fsp3) is 0.435. The lowest BCUT2D eigenvalue weighted by Gasteiger charge is -2.33. The molecule has 168 valence electrons. The first-order valence-corrected chi connectivity index (χ1v) is 10.7. The minimum Gasteiger partial charge on any atom is -0.472 e. The number of hydrogen-bond donors (Lipinski definition) is 2. The van der Waals surface area contributed by atoms with E-state index >= 15 is 0 Å². The van der Waals surface area contributed by atoms with Gasteiger partial charge in [0.05, 0.1) is 11.2 Å². The van der Waals surface area contributed by atoms with E-state index in [0.717, 1.165) is 29.7 Å². The Morgan fingerprint density at radius 3 is 2.66 bits per heavy atom. The van der Waals surface area contributed by atoms with Crippen LogP contribution in [0.4, 0.5) is 0 Å². The van der Waals surface area contributed by atoms with Crippen LogP contribution in [0.3, 0.4) is 0 Å². The maximum atomic E-state index is 12.5. The number of amides is 1. The molecule has 1 fully saturated rings. The highest BCUT2D eigenvalue weighted by Crippen LogP contribution is 2.28. The molecule has 0 radical (unpaired) electrons. The molecule has 9 nitrogen and oxygen atoms in total. The van der Waals surface area contributed by atoms with Crippen molar-refractivity contribution < 1.29 is 19.2 Å². The summed E-state index contributed by atoms with van der Waals surface area (Å²) in [7, 11) is 0. The summed E-state index contributed by atoms with van der Waals surface area (Å²) < 4.78 is 11.1. The predicted octanol–water partition coefficient (Wildman–Crippen LogP) is 3.15. The number of carbonyl (C=O) groups excluding carboxylic acids is 1. The molecular formula is C23H27N5O4. The van der Waals surface area contributed by atoms with Crippen LogP contribution in [0.1, 0.15) is 60.1 Å². The number of nitrogens with zero attached hydrogens (tertiary/aromatic N) is 4. The molecule has 1 aliphatic rings. The highest BCUT2D eigenvalue weighted by Gasteiger charge is 2.29. The summed E-state index contributed by atoms with van der Waals surface area (Å²) in [5.74, 6) is 0.666. The summed E-state index contributed by atoms with van der Waals surface area (Å²) in [6.07, 6.45) is 4.56. The van der Waals surface area contributed by atoms with Gasteiger partial charge in [-0.15, -0.1) is 10.2 Å². The average molecular weight is 438 g/mol.